The maximum absolute atomic E-state index is 12.2. The van der Waals surface area contributed by atoms with Crippen LogP contribution in [0.25, 0.3) is 5.69 Å². The van der Waals surface area contributed by atoms with Crippen molar-refractivity contribution in [3.05, 3.63) is 66.5 Å². The van der Waals surface area contributed by atoms with Gasteiger partial charge in [0.05, 0.1) is 11.9 Å². The molecule has 3 heterocycles. The summed E-state index contributed by atoms with van der Waals surface area (Å²) in [6, 6.07) is 10.2. The van der Waals surface area contributed by atoms with E-state index in [1.807, 2.05) is 59.8 Å². The molecule has 1 aromatic carbocycles. The largest absolute Gasteiger partial charge is 0.352 e. The highest BCUT2D eigenvalue weighted by Crippen LogP contribution is 2.14. The molecule has 1 aliphatic rings. The Labute approximate surface area is 146 Å². The first-order valence-electron chi connectivity index (χ1n) is 8.66. The number of fused-ring (bicyclic) bond motifs is 1. The lowest BCUT2D eigenvalue weighted by Gasteiger charge is -2.24. The fraction of sp³-hybridized carbons (Fsp3) is 0.316. The quantitative estimate of drug-likeness (QED) is 0.777. The maximum Gasteiger partial charge on any atom is 0.220 e. The van der Waals surface area contributed by atoms with Crippen molar-refractivity contribution < 1.29 is 4.79 Å². The number of hydrogen-bond acceptors (Lipinski definition) is 3. The summed E-state index contributed by atoms with van der Waals surface area (Å²) in [6.45, 7) is 0.813. The van der Waals surface area contributed by atoms with E-state index in [0.717, 1.165) is 36.5 Å². The Bertz CT molecular complexity index is 852. The Morgan fingerprint density at radius 2 is 2.16 bits per heavy atom. The van der Waals surface area contributed by atoms with Gasteiger partial charge in [0.25, 0.3) is 0 Å². The molecule has 1 atom stereocenters. The summed E-state index contributed by atoms with van der Waals surface area (Å²) in [5.74, 6) is 1.21. The van der Waals surface area contributed by atoms with E-state index >= 15 is 0 Å². The topological polar surface area (TPSA) is 64.7 Å². The predicted molar refractivity (Wildman–Crippen MR) is 94.4 cm³/mol. The van der Waals surface area contributed by atoms with Crippen molar-refractivity contribution in [3.8, 4) is 5.69 Å². The number of aromatic nitrogens is 4. The molecule has 128 valence electrons. The Morgan fingerprint density at radius 1 is 1.28 bits per heavy atom. The second kappa shape index (κ2) is 6.93. The number of benzene rings is 1. The standard InChI is InChI=1S/C19H21N5O/c25-19(22-16-7-8-18-20-10-11-23(18)14-16)9-6-15-12-21-24(13-15)17-4-2-1-3-5-17/h1-5,10-13,16H,6-9,14H2,(H,22,25). The van der Waals surface area contributed by atoms with Gasteiger partial charge >= 0.3 is 0 Å². The molecule has 2 aromatic heterocycles. The molecule has 0 radical (unpaired) electrons. The van der Waals surface area contributed by atoms with E-state index in [9.17, 15) is 4.79 Å². The second-order valence-corrected chi connectivity index (χ2v) is 6.43. The molecule has 25 heavy (non-hydrogen) atoms. The average molecular weight is 335 g/mol. The van der Waals surface area contributed by atoms with E-state index in [4.69, 9.17) is 0 Å². The van der Waals surface area contributed by atoms with Crippen molar-refractivity contribution >= 4 is 5.91 Å². The van der Waals surface area contributed by atoms with E-state index in [1.54, 1.807) is 0 Å². The molecule has 6 nitrogen and oxygen atoms in total. The minimum absolute atomic E-state index is 0.0982. The molecule has 1 unspecified atom stereocenters. The van der Waals surface area contributed by atoms with Crippen molar-refractivity contribution in [2.45, 2.75) is 38.3 Å². The van der Waals surface area contributed by atoms with Gasteiger partial charge in [-0.25, -0.2) is 9.67 Å². The molecular formula is C19H21N5O. The number of rotatable bonds is 5. The normalized spacial score (nSPS) is 16.4. The van der Waals surface area contributed by atoms with Crippen LogP contribution in [0, 0.1) is 0 Å². The van der Waals surface area contributed by atoms with E-state index < -0.39 is 0 Å². The van der Waals surface area contributed by atoms with Gasteiger partial charge < -0.3 is 9.88 Å². The summed E-state index contributed by atoms with van der Waals surface area (Å²) < 4.78 is 3.97. The highest BCUT2D eigenvalue weighted by molar-refractivity contribution is 5.76. The maximum atomic E-state index is 12.2. The van der Waals surface area contributed by atoms with Crippen LogP contribution in [0.5, 0.6) is 0 Å². The third-order valence-electron chi connectivity index (χ3n) is 4.60. The Kier molecular flexibility index (Phi) is 4.33. The third kappa shape index (κ3) is 3.63. The van der Waals surface area contributed by atoms with E-state index in [0.29, 0.717) is 12.8 Å². The first-order chi connectivity index (χ1) is 12.3. The number of amides is 1. The number of para-hydroxylation sites is 1. The van der Waals surface area contributed by atoms with Gasteiger partial charge in [-0.1, -0.05) is 18.2 Å². The number of nitrogens with one attached hydrogen (secondary N) is 1. The number of aryl methyl sites for hydroxylation is 2. The van der Waals surface area contributed by atoms with Gasteiger partial charge in [0.2, 0.25) is 5.91 Å². The van der Waals surface area contributed by atoms with Crippen LogP contribution >= 0.6 is 0 Å². The lowest BCUT2D eigenvalue weighted by Crippen LogP contribution is -2.40. The van der Waals surface area contributed by atoms with Crippen molar-refractivity contribution in [1.82, 2.24) is 24.6 Å². The van der Waals surface area contributed by atoms with Crippen molar-refractivity contribution in [2.24, 2.45) is 0 Å². The zero-order valence-electron chi connectivity index (χ0n) is 14.0. The molecule has 0 saturated carbocycles. The van der Waals surface area contributed by atoms with Gasteiger partial charge in [0.15, 0.2) is 0 Å². The monoisotopic (exact) mass is 335 g/mol. The van der Waals surface area contributed by atoms with Gasteiger partial charge in [-0.2, -0.15) is 5.10 Å². The van der Waals surface area contributed by atoms with E-state index in [1.165, 1.54) is 0 Å². The summed E-state index contributed by atoms with van der Waals surface area (Å²) in [4.78, 5) is 16.6. The minimum atomic E-state index is 0.0982. The van der Waals surface area contributed by atoms with E-state index in [2.05, 4.69) is 20.0 Å². The molecule has 0 aliphatic carbocycles. The molecule has 0 bridgehead atoms. The Morgan fingerprint density at radius 3 is 3.04 bits per heavy atom. The predicted octanol–water partition coefficient (Wildman–Crippen LogP) is 2.13. The van der Waals surface area contributed by atoms with Gasteiger partial charge in [-0.3, -0.25) is 4.79 Å². The molecule has 0 spiro atoms. The molecule has 0 fully saturated rings. The summed E-state index contributed by atoms with van der Waals surface area (Å²) in [5.41, 5.74) is 2.09. The second-order valence-electron chi connectivity index (χ2n) is 6.43. The Balaban J connectivity index is 1.29. The third-order valence-corrected chi connectivity index (χ3v) is 4.60. The first kappa shape index (κ1) is 15.6. The zero-order chi connectivity index (χ0) is 17.1. The Hall–Kier alpha value is -2.89. The van der Waals surface area contributed by atoms with Gasteiger partial charge in [-0.05, 0) is 30.5 Å². The molecule has 1 amide bonds. The minimum Gasteiger partial charge on any atom is -0.352 e. The van der Waals surface area contributed by atoms with Crippen LogP contribution in [0.3, 0.4) is 0 Å². The summed E-state index contributed by atoms with van der Waals surface area (Å²) in [7, 11) is 0. The fourth-order valence-corrected chi connectivity index (χ4v) is 3.25. The summed E-state index contributed by atoms with van der Waals surface area (Å²) >= 11 is 0. The van der Waals surface area contributed by atoms with Crippen LogP contribution in [0.15, 0.2) is 55.1 Å². The molecule has 1 N–H and O–H groups in total. The molecule has 0 saturated heterocycles. The summed E-state index contributed by atoms with van der Waals surface area (Å²) in [5, 5.41) is 7.52. The van der Waals surface area contributed by atoms with Crippen LogP contribution in [0.4, 0.5) is 0 Å². The van der Waals surface area contributed by atoms with Crippen LogP contribution in [-0.4, -0.2) is 31.3 Å². The number of imidazole rings is 1. The highest BCUT2D eigenvalue weighted by atomic mass is 16.1. The number of carbonyl (C=O) groups excluding carboxylic acids is 1. The van der Waals surface area contributed by atoms with E-state index in [-0.39, 0.29) is 11.9 Å². The van der Waals surface area contributed by atoms with Crippen LogP contribution < -0.4 is 5.32 Å². The molecule has 4 rings (SSSR count). The van der Waals surface area contributed by atoms with Crippen LogP contribution in [0.1, 0.15) is 24.2 Å². The van der Waals surface area contributed by atoms with Crippen LogP contribution in [-0.2, 0) is 24.2 Å². The van der Waals surface area contributed by atoms with Gasteiger partial charge in [0.1, 0.15) is 5.82 Å². The summed E-state index contributed by atoms with van der Waals surface area (Å²) in [6.07, 6.45) is 10.7. The SMILES string of the molecule is O=C(CCc1cnn(-c2ccccc2)c1)NC1CCc2nccn2C1. The molecule has 3 aromatic rings. The lowest BCUT2D eigenvalue weighted by molar-refractivity contribution is -0.122. The van der Waals surface area contributed by atoms with Crippen molar-refractivity contribution in [3.63, 3.8) is 0 Å². The van der Waals surface area contributed by atoms with Crippen molar-refractivity contribution in [2.75, 3.05) is 0 Å². The average Bonchev–Trinajstić information content (AvgIpc) is 3.30. The lowest BCUT2D eigenvalue weighted by atomic mass is 10.1. The van der Waals surface area contributed by atoms with Gasteiger partial charge in [0, 0.05) is 44.0 Å². The molecular weight excluding hydrogens is 314 g/mol. The number of carbonyl (C=O) groups is 1. The smallest absolute Gasteiger partial charge is 0.220 e. The van der Waals surface area contributed by atoms with Crippen LogP contribution in [0.2, 0.25) is 0 Å². The fourth-order valence-electron chi connectivity index (χ4n) is 3.25. The first-order valence-corrected chi connectivity index (χ1v) is 8.66. The van der Waals surface area contributed by atoms with Crippen molar-refractivity contribution in [1.29, 1.82) is 0 Å². The molecule has 1 aliphatic heterocycles. The van der Waals surface area contributed by atoms with Gasteiger partial charge in [-0.15, -0.1) is 0 Å². The number of nitrogens with zero attached hydrogens (tertiary/aromatic N) is 4. The zero-order valence-corrected chi connectivity index (χ0v) is 14.0. The number of hydrogen-bond donors (Lipinski definition) is 1. The molecule has 6 heteroatoms. The highest BCUT2D eigenvalue weighted by Gasteiger charge is 2.20.